The molecule has 3 nitrogen and oxygen atoms in total. The molecule has 0 fully saturated rings. The third-order valence-electron chi connectivity index (χ3n) is 4.31. The van der Waals surface area contributed by atoms with E-state index in [0.717, 1.165) is 24.5 Å². The number of hydrogen-bond donors (Lipinski definition) is 0. The second-order valence-corrected chi connectivity index (χ2v) is 6.25. The normalized spacial score (nSPS) is 16.6. The van der Waals surface area contributed by atoms with Gasteiger partial charge in [0.2, 0.25) is 0 Å². The highest BCUT2D eigenvalue weighted by Gasteiger charge is 2.27. The topological polar surface area (TPSA) is 36.3 Å². The van der Waals surface area contributed by atoms with Crippen LogP contribution in [0.2, 0.25) is 0 Å². The number of nitrogens with zero attached hydrogens (tertiary/aromatic N) is 2. The van der Waals surface area contributed by atoms with Gasteiger partial charge in [-0.05, 0) is 29.2 Å². The standard InChI is InChI=1S/C20H22N2O/c1-15(2)17-9-10-19-18(13-17)22(12-6-11-21)14-20(23-19)16-7-4-3-5-8-16/h3-5,7-10,13,15,20H,6,12,14H2,1-2H3. The molecule has 2 aromatic rings. The van der Waals surface area contributed by atoms with Gasteiger partial charge in [-0.3, -0.25) is 0 Å². The number of fused-ring (bicyclic) bond motifs is 1. The maximum Gasteiger partial charge on any atom is 0.143 e. The molecule has 0 bridgehead atoms. The fraction of sp³-hybridized carbons (Fsp3) is 0.350. The molecular formula is C20H22N2O. The molecule has 0 aromatic heterocycles. The van der Waals surface area contributed by atoms with Crippen LogP contribution in [0.15, 0.2) is 48.5 Å². The zero-order chi connectivity index (χ0) is 16.2. The highest BCUT2D eigenvalue weighted by molar-refractivity contribution is 5.62. The summed E-state index contributed by atoms with van der Waals surface area (Å²) in [6.07, 6.45) is 0.527. The third kappa shape index (κ3) is 3.32. The number of ether oxygens (including phenoxy) is 1. The molecule has 0 saturated carbocycles. The van der Waals surface area contributed by atoms with E-state index < -0.39 is 0 Å². The molecular weight excluding hydrogens is 284 g/mol. The van der Waals surface area contributed by atoms with Gasteiger partial charge in [-0.25, -0.2) is 0 Å². The fourth-order valence-corrected chi connectivity index (χ4v) is 2.97. The summed E-state index contributed by atoms with van der Waals surface area (Å²) in [5.41, 5.74) is 3.58. The van der Waals surface area contributed by atoms with Gasteiger partial charge >= 0.3 is 0 Å². The van der Waals surface area contributed by atoms with Crippen LogP contribution in [0.4, 0.5) is 5.69 Å². The van der Waals surface area contributed by atoms with E-state index in [-0.39, 0.29) is 6.10 Å². The molecule has 0 spiro atoms. The van der Waals surface area contributed by atoms with Gasteiger partial charge < -0.3 is 9.64 Å². The van der Waals surface area contributed by atoms with Crippen molar-refractivity contribution in [1.29, 1.82) is 5.26 Å². The summed E-state index contributed by atoms with van der Waals surface area (Å²) < 4.78 is 6.24. The Morgan fingerprint density at radius 3 is 2.70 bits per heavy atom. The smallest absolute Gasteiger partial charge is 0.143 e. The molecule has 1 aliphatic heterocycles. The maximum atomic E-state index is 8.96. The van der Waals surface area contributed by atoms with Crippen LogP contribution in [0.25, 0.3) is 0 Å². The van der Waals surface area contributed by atoms with E-state index in [9.17, 15) is 0 Å². The van der Waals surface area contributed by atoms with E-state index in [0.29, 0.717) is 12.3 Å². The lowest BCUT2D eigenvalue weighted by Gasteiger charge is -2.36. The molecule has 3 heteroatoms. The molecule has 1 heterocycles. The van der Waals surface area contributed by atoms with Crippen molar-refractivity contribution >= 4 is 5.69 Å². The fourth-order valence-electron chi connectivity index (χ4n) is 2.97. The van der Waals surface area contributed by atoms with Crippen molar-refractivity contribution in [3.05, 3.63) is 59.7 Å². The molecule has 0 saturated heterocycles. The van der Waals surface area contributed by atoms with Crippen LogP contribution >= 0.6 is 0 Å². The average molecular weight is 306 g/mol. The van der Waals surface area contributed by atoms with Crippen LogP contribution in [-0.4, -0.2) is 13.1 Å². The van der Waals surface area contributed by atoms with E-state index in [2.05, 4.69) is 55.1 Å². The Labute approximate surface area is 138 Å². The third-order valence-corrected chi connectivity index (χ3v) is 4.31. The van der Waals surface area contributed by atoms with Crippen LogP contribution in [0, 0.1) is 11.3 Å². The first kappa shape index (κ1) is 15.4. The Morgan fingerprint density at radius 2 is 2.00 bits per heavy atom. The summed E-state index contributed by atoms with van der Waals surface area (Å²) in [5.74, 6) is 1.39. The molecule has 23 heavy (non-hydrogen) atoms. The minimum Gasteiger partial charge on any atom is -0.482 e. The molecule has 118 valence electrons. The molecule has 0 radical (unpaired) electrons. The number of hydrogen-bond acceptors (Lipinski definition) is 3. The summed E-state index contributed by atoms with van der Waals surface area (Å²) in [5, 5.41) is 8.96. The Bertz CT molecular complexity index is 703. The summed E-state index contributed by atoms with van der Waals surface area (Å²) in [7, 11) is 0. The van der Waals surface area contributed by atoms with Gasteiger partial charge in [0, 0.05) is 6.54 Å². The molecule has 0 N–H and O–H groups in total. The van der Waals surface area contributed by atoms with Gasteiger partial charge in [-0.1, -0.05) is 50.2 Å². The molecule has 0 aliphatic carbocycles. The number of anilines is 1. The maximum absolute atomic E-state index is 8.96. The lowest BCUT2D eigenvalue weighted by Crippen LogP contribution is -2.36. The van der Waals surface area contributed by atoms with Crippen molar-refractivity contribution in [2.45, 2.75) is 32.3 Å². The summed E-state index contributed by atoms with van der Waals surface area (Å²) >= 11 is 0. The highest BCUT2D eigenvalue weighted by atomic mass is 16.5. The van der Waals surface area contributed by atoms with E-state index in [1.54, 1.807) is 0 Å². The average Bonchev–Trinajstić information content (AvgIpc) is 2.59. The largest absolute Gasteiger partial charge is 0.482 e. The minimum atomic E-state index is 0.00675. The predicted molar refractivity (Wildman–Crippen MR) is 92.8 cm³/mol. The molecule has 0 amide bonds. The van der Waals surface area contributed by atoms with Crippen molar-refractivity contribution in [3.8, 4) is 11.8 Å². The minimum absolute atomic E-state index is 0.00675. The van der Waals surface area contributed by atoms with E-state index >= 15 is 0 Å². The van der Waals surface area contributed by atoms with Gasteiger partial charge in [0.05, 0.1) is 24.7 Å². The molecule has 1 aliphatic rings. The van der Waals surface area contributed by atoms with Crippen molar-refractivity contribution in [3.63, 3.8) is 0 Å². The number of benzene rings is 2. The Balaban J connectivity index is 1.94. The molecule has 1 atom stereocenters. The van der Waals surface area contributed by atoms with E-state index in [4.69, 9.17) is 10.00 Å². The van der Waals surface area contributed by atoms with E-state index in [1.807, 2.05) is 18.2 Å². The molecule has 2 aromatic carbocycles. The number of rotatable bonds is 4. The zero-order valence-electron chi connectivity index (χ0n) is 13.7. The van der Waals surface area contributed by atoms with Crippen molar-refractivity contribution in [1.82, 2.24) is 0 Å². The molecule has 1 unspecified atom stereocenters. The SMILES string of the molecule is CC(C)c1ccc2c(c1)N(CCC#N)CC(c1ccccc1)O2. The number of nitriles is 1. The van der Waals surface area contributed by atoms with Gasteiger partial charge in [-0.2, -0.15) is 5.26 Å². The summed E-state index contributed by atoms with van der Waals surface area (Å²) in [4.78, 5) is 2.28. The van der Waals surface area contributed by atoms with Crippen LogP contribution in [-0.2, 0) is 0 Å². The van der Waals surface area contributed by atoms with Gasteiger partial charge in [0.1, 0.15) is 11.9 Å². The Morgan fingerprint density at radius 1 is 1.22 bits per heavy atom. The van der Waals surface area contributed by atoms with Crippen LogP contribution in [0.5, 0.6) is 5.75 Å². The predicted octanol–water partition coefficient (Wildman–Crippen LogP) is 4.66. The van der Waals surface area contributed by atoms with Crippen molar-refractivity contribution in [2.75, 3.05) is 18.0 Å². The van der Waals surface area contributed by atoms with Crippen LogP contribution < -0.4 is 9.64 Å². The molecule has 3 rings (SSSR count). The second-order valence-electron chi connectivity index (χ2n) is 6.25. The Kier molecular flexibility index (Phi) is 4.52. The van der Waals surface area contributed by atoms with E-state index in [1.165, 1.54) is 11.1 Å². The van der Waals surface area contributed by atoms with Gasteiger partial charge in [-0.15, -0.1) is 0 Å². The Hall–Kier alpha value is -2.47. The van der Waals surface area contributed by atoms with Gasteiger partial charge in [0.25, 0.3) is 0 Å². The first-order valence-electron chi connectivity index (χ1n) is 8.16. The zero-order valence-corrected chi connectivity index (χ0v) is 13.7. The van der Waals surface area contributed by atoms with Crippen molar-refractivity contribution < 1.29 is 4.74 Å². The summed E-state index contributed by atoms with van der Waals surface area (Å²) in [6, 6.07) is 19.0. The van der Waals surface area contributed by atoms with Crippen LogP contribution in [0.1, 0.15) is 43.4 Å². The lowest BCUT2D eigenvalue weighted by atomic mass is 10.00. The second kappa shape index (κ2) is 6.75. The quantitative estimate of drug-likeness (QED) is 0.824. The van der Waals surface area contributed by atoms with Crippen LogP contribution in [0.3, 0.4) is 0 Å². The first-order chi connectivity index (χ1) is 11.2. The first-order valence-corrected chi connectivity index (χ1v) is 8.16. The lowest BCUT2D eigenvalue weighted by molar-refractivity contribution is 0.197. The van der Waals surface area contributed by atoms with Gasteiger partial charge in [0.15, 0.2) is 0 Å². The monoisotopic (exact) mass is 306 g/mol. The highest BCUT2D eigenvalue weighted by Crippen LogP contribution is 2.39. The van der Waals surface area contributed by atoms with Crippen molar-refractivity contribution in [2.24, 2.45) is 0 Å². The summed E-state index contributed by atoms with van der Waals surface area (Å²) in [6.45, 7) is 5.90.